The van der Waals surface area contributed by atoms with E-state index in [0.29, 0.717) is 43.9 Å². The van der Waals surface area contributed by atoms with Gasteiger partial charge in [0.05, 0.1) is 53.3 Å². The molecule has 1 aliphatic heterocycles. The predicted octanol–water partition coefficient (Wildman–Crippen LogP) is 6.12. The lowest BCUT2D eigenvalue weighted by Crippen LogP contribution is -2.29. The number of nitrogens with one attached hydrogen (secondary N) is 2. The summed E-state index contributed by atoms with van der Waals surface area (Å²) in [7, 11) is 1.57. The van der Waals surface area contributed by atoms with E-state index in [1.165, 1.54) is 11.8 Å². The molecule has 0 spiro atoms. The van der Waals surface area contributed by atoms with Crippen LogP contribution in [0.2, 0.25) is 5.02 Å². The molecule has 9 heteroatoms. The van der Waals surface area contributed by atoms with E-state index in [9.17, 15) is 14.9 Å². The molecule has 7 nitrogen and oxygen atoms in total. The van der Waals surface area contributed by atoms with Crippen LogP contribution in [0.15, 0.2) is 95.0 Å². The minimum Gasteiger partial charge on any atom is -0.497 e. The summed E-state index contributed by atoms with van der Waals surface area (Å²) in [6.45, 7) is 1.91. The molecule has 0 saturated heterocycles. The van der Waals surface area contributed by atoms with Crippen molar-refractivity contribution in [2.75, 3.05) is 24.8 Å². The zero-order valence-corrected chi connectivity index (χ0v) is 22.9. The van der Waals surface area contributed by atoms with Crippen LogP contribution in [-0.4, -0.2) is 31.3 Å². The third kappa shape index (κ3) is 6.63. The second-order valence-corrected chi connectivity index (χ2v) is 9.83. The van der Waals surface area contributed by atoms with Crippen LogP contribution in [-0.2, 0) is 14.3 Å². The van der Waals surface area contributed by atoms with E-state index in [1.54, 1.807) is 62.6 Å². The monoisotopic (exact) mass is 559 g/mol. The van der Waals surface area contributed by atoms with Gasteiger partial charge in [0.25, 0.3) is 0 Å². The van der Waals surface area contributed by atoms with Crippen LogP contribution in [0.1, 0.15) is 24.0 Å². The normalized spacial score (nSPS) is 14.8. The molecule has 198 valence electrons. The molecule has 1 atom stereocenters. The number of hydrogen-bond acceptors (Lipinski definition) is 7. The zero-order chi connectivity index (χ0) is 27.8. The number of nitriles is 1. The Hall–Kier alpha value is -4.19. The molecule has 0 radical (unpaired) electrons. The summed E-state index contributed by atoms with van der Waals surface area (Å²) in [5, 5.41) is 17.5. The third-order valence-corrected chi connectivity index (χ3v) is 7.20. The lowest BCUT2D eigenvalue weighted by atomic mass is 9.81. The van der Waals surface area contributed by atoms with Crippen molar-refractivity contribution in [1.82, 2.24) is 5.32 Å². The maximum Gasteiger partial charge on any atom is 0.337 e. The minimum absolute atomic E-state index is 0.0314. The Bertz CT molecular complexity index is 1450. The smallest absolute Gasteiger partial charge is 0.337 e. The van der Waals surface area contributed by atoms with Gasteiger partial charge in [0.2, 0.25) is 5.91 Å². The van der Waals surface area contributed by atoms with Crippen molar-refractivity contribution >= 4 is 46.6 Å². The van der Waals surface area contributed by atoms with E-state index >= 15 is 0 Å². The molecular weight excluding hydrogens is 534 g/mol. The summed E-state index contributed by atoms with van der Waals surface area (Å²) in [6, 6.07) is 25.6. The second-order valence-electron chi connectivity index (χ2n) is 8.40. The van der Waals surface area contributed by atoms with Gasteiger partial charge < -0.3 is 20.1 Å². The van der Waals surface area contributed by atoms with E-state index in [4.69, 9.17) is 21.1 Å². The Morgan fingerprint density at radius 3 is 2.36 bits per heavy atom. The van der Waals surface area contributed by atoms with Gasteiger partial charge in [-0.25, -0.2) is 4.79 Å². The SMILES string of the molecule is CCOC(=O)C1=C(c2ccccc2)NC(SCC(=O)Nc2ccc(OC)cc2)=C(C#N)[C@@H]1c1ccc(Cl)cc1. The molecule has 0 unspecified atom stereocenters. The molecule has 2 N–H and O–H groups in total. The van der Waals surface area contributed by atoms with Crippen molar-refractivity contribution in [3.63, 3.8) is 0 Å². The van der Waals surface area contributed by atoms with Crippen molar-refractivity contribution < 1.29 is 19.1 Å². The van der Waals surface area contributed by atoms with E-state index in [-0.39, 0.29) is 18.3 Å². The van der Waals surface area contributed by atoms with Gasteiger partial charge in [0.1, 0.15) is 5.75 Å². The Labute approximate surface area is 236 Å². The molecule has 39 heavy (non-hydrogen) atoms. The number of anilines is 1. The number of methoxy groups -OCH3 is 1. The van der Waals surface area contributed by atoms with E-state index in [1.807, 2.05) is 30.3 Å². The molecule has 0 fully saturated rings. The number of amides is 1. The van der Waals surface area contributed by atoms with Crippen molar-refractivity contribution in [3.8, 4) is 11.8 Å². The van der Waals surface area contributed by atoms with Gasteiger partial charge in [0.15, 0.2) is 0 Å². The molecule has 3 aromatic carbocycles. The fourth-order valence-corrected chi connectivity index (χ4v) is 5.12. The van der Waals surface area contributed by atoms with Crippen molar-refractivity contribution in [2.24, 2.45) is 0 Å². The number of carbonyl (C=O) groups is 2. The maximum atomic E-state index is 13.4. The highest BCUT2D eigenvalue weighted by atomic mass is 35.5. The van der Waals surface area contributed by atoms with Crippen molar-refractivity contribution in [1.29, 1.82) is 5.26 Å². The van der Waals surface area contributed by atoms with Gasteiger partial charge in [-0.05, 0) is 54.4 Å². The van der Waals surface area contributed by atoms with Gasteiger partial charge in [-0.2, -0.15) is 5.26 Å². The summed E-state index contributed by atoms with van der Waals surface area (Å²) in [5.74, 6) is -0.790. The van der Waals surface area contributed by atoms with Crippen LogP contribution in [0.25, 0.3) is 5.70 Å². The molecule has 4 rings (SSSR count). The number of carbonyl (C=O) groups excluding carboxylic acids is 2. The number of allylic oxidation sites excluding steroid dienone is 1. The van der Waals surface area contributed by atoms with Gasteiger partial charge in [-0.1, -0.05) is 65.8 Å². The molecular formula is C30H26ClN3O4S. The van der Waals surface area contributed by atoms with Crippen LogP contribution in [0.5, 0.6) is 5.75 Å². The van der Waals surface area contributed by atoms with E-state index in [0.717, 1.165) is 5.56 Å². The topological polar surface area (TPSA) is 100 Å². The molecule has 1 aliphatic rings. The lowest BCUT2D eigenvalue weighted by Gasteiger charge is -2.30. The number of halogens is 1. The molecule has 1 heterocycles. The fraction of sp³-hybridized carbons (Fsp3) is 0.167. The highest BCUT2D eigenvalue weighted by molar-refractivity contribution is 8.03. The van der Waals surface area contributed by atoms with Gasteiger partial charge >= 0.3 is 5.97 Å². The van der Waals surface area contributed by atoms with Crippen LogP contribution in [0, 0.1) is 11.3 Å². The predicted molar refractivity (Wildman–Crippen MR) is 154 cm³/mol. The van der Waals surface area contributed by atoms with Crippen LogP contribution >= 0.6 is 23.4 Å². The molecule has 0 aliphatic carbocycles. The first-order valence-electron chi connectivity index (χ1n) is 12.1. The Kier molecular flexibility index (Phi) is 9.31. The quantitative estimate of drug-likeness (QED) is 0.305. The van der Waals surface area contributed by atoms with Crippen LogP contribution in [0.4, 0.5) is 5.69 Å². The minimum atomic E-state index is -0.727. The molecule has 3 aromatic rings. The number of benzene rings is 3. The number of esters is 1. The fourth-order valence-electron chi connectivity index (χ4n) is 4.16. The largest absolute Gasteiger partial charge is 0.497 e. The molecule has 0 saturated carbocycles. The Morgan fingerprint density at radius 1 is 1.05 bits per heavy atom. The average molecular weight is 560 g/mol. The first kappa shape index (κ1) is 27.8. The summed E-state index contributed by atoms with van der Waals surface area (Å²) in [6.07, 6.45) is 0. The number of nitrogens with zero attached hydrogens (tertiary/aromatic N) is 1. The Morgan fingerprint density at radius 2 is 1.74 bits per heavy atom. The molecule has 0 bridgehead atoms. The Balaban J connectivity index is 1.72. The summed E-state index contributed by atoms with van der Waals surface area (Å²) in [4.78, 5) is 26.2. The average Bonchev–Trinajstić information content (AvgIpc) is 2.96. The van der Waals surface area contributed by atoms with E-state index in [2.05, 4.69) is 16.7 Å². The molecule has 1 amide bonds. The van der Waals surface area contributed by atoms with Crippen LogP contribution in [0.3, 0.4) is 0 Å². The number of dihydropyridines is 1. The standard InChI is InChI=1S/C30H26ClN3O4S/c1-3-38-30(36)27-26(19-9-11-21(31)12-10-19)24(17-32)29(34-28(27)20-7-5-4-6-8-20)39-18-25(35)33-22-13-15-23(37-2)16-14-22/h4-16,26,34H,3,18H2,1-2H3,(H,33,35)/t26-/m0/s1. The lowest BCUT2D eigenvalue weighted by molar-refractivity contribution is -0.138. The highest BCUT2D eigenvalue weighted by Crippen LogP contribution is 2.43. The van der Waals surface area contributed by atoms with Gasteiger partial charge in [-0.15, -0.1) is 0 Å². The molecule has 0 aromatic heterocycles. The number of ether oxygens (including phenoxy) is 2. The highest BCUT2D eigenvalue weighted by Gasteiger charge is 2.37. The zero-order valence-electron chi connectivity index (χ0n) is 21.4. The number of hydrogen-bond donors (Lipinski definition) is 2. The van der Waals surface area contributed by atoms with Crippen LogP contribution < -0.4 is 15.4 Å². The summed E-state index contributed by atoms with van der Waals surface area (Å²) >= 11 is 7.33. The summed E-state index contributed by atoms with van der Waals surface area (Å²) < 4.78 is 10.6. The summed E-state index contributed by atoms with van der Waals surface area (Å²) in [5.41, 5.74) is 3.22. The first-order valence-corrected chi connectivity index (χ1v) is 13.5. The van der Waals surface area contributed by atoms with Gasteiger partial charge in [-0.3, -0.25) is 4.79 Å². The van der Waals surface area contributed by atoms with Crippen molar-refractivity contribution in [2.45, 2.75) is 12.8 Å². The van der Waals surface area contributed by atoms with Crippen molar-refractivity contribution in [3.05, 3.63) is 111 Å². The second kappa shape index (κ2) is 13.1. The van der Waals surface area contributed by atoms with E-state index < -0.39 is 11.9 Å². The number of thioether (sulfide) groups is 1. The third-order valence-electron chi connectivity index (χ3n) is 5.93. The van der Waals surface area contributed by atoms with Gasteiger partial charge in [0, 0.05) is 10.7 Å². The number of rotatable bonds is 9. The maximum absolute atomic E-state index is 13.4. The first-order chi connectivity index (χ1) is 18.9.